The average molecular weight is 282 g/mol. The maximum absolute atomic E-state index is 5.46. The molecule has 0 fully saturated rings. The van der Waals surface area contributed by atoms with E-state index in [1.54, 1.807) is 0 Å². The molecule has 0 heterocycles. The third kappa shape index (κ3) is 13.8. The molecule has 0 aliphatic carbocycles. The molecule has 0 saturated carbocycles. The largest absolute Gasteiger partial charge is 0.330 e. The highest BCUT2D eigenvalue weighted by molar-refractivity contribution is 7.99. The van der Waals surface area contributed by atoms with Crippen LogP contribution < -0.4 is 5.73 Å². The predicted octanol–water partition coefficient (Wildman–Crippen LogP) is 5.10. The molecule has 0 amide bonds. The zero-order valence-corrected chi connectivity index (χ0v) is 14.0. The van der Waals surface area contributed by atoms with Gasteiger partial charge in [-0.3, -0.25) is 0 Å². The van der Waals surface area contributed by atoms with E-state index in [9.17, 15) is 0 Å². The summed E-state index contributed by atoms with van der Waals surface area (Å²) in [4.78, 5) is 0. The van der Waals surface area contributed by atoms with E-state index >= 15 is 0 Å². The summed E-state index contributed by atoms with van der Waals surface area (Å²) in [6, 6.07) is 0. The van der Waals surface area contributed by atoms with Gasteiger partial charge in [-0.2, -0.15) is 11.8 Å². The molecule has 0 aliphatic heterocycles. The van der Waals surface area contributed by atoms with Gasteiger partial charge in [-0.15, -0.1) is 0 Å². The van der Waals surface area contributed by atoms with Crippen molar-refractivity contribution in [3.8, 4) is 0 Å². The fourth-order valence-corrected chi connectivity index (χ4v) is 2.44. The van der Waals surface area contributed by atoms with Crippen molar-refractivity contribution in [1.29, 1.82) is 0 Å². The first-order valence-corrected chi connectivity index (χ1v) is 8.44. The summed E-state index contributed by atoms with van der Waals surface area (Å²) in [6.45, 7) is 9.58. The van der Waals surface area contributed by atoms with Crippen molar-refractivity contribution >= 4 is 11.8 Å². The first-order valence-electron chi connectivity index (χ1n) is 7.28. The minimum absolute atomic E-state index is 0.783. The maximum Gasteiger partial charge on any atom is 0.0116 e. The van der Waals surface area contributed by atoms with Crippen LogP contribution in [0.5, 0.6) is 0 Å². The first-order chi connectivity index (χ1) is 9.06. The average Bonchev–Trinajstić information content (AvgIpc) is 2.34. The molecule has 0 radical (unpaired) electrons. The van der Waals surface area contributed by atoms with Crippen LogP contribution in [-0.4, -0.2) is 18.1 Å². The fraction of sp³-hybridized carbons (Fsp3) is 0.647. The van der Waals surface area contributed by atoms with Crippen molar-refractivity contribution in [1.82, 2.24) is 0 Å². The van der Waals surface area contributed by atoms with E-state index in [0.717, 1.165) is 18.1 Å². The summed E-state index contributed by atoms with van der Waals surface area (Å²) in [7, 11) is 0. The molecule has 2 N–H and O–H groups in total. The highest BCUT2D eigenvalue weighted by Crippen LogP contribution is 2.12. The molecule has 0 aliphatic rings. The van der Waals surface area contributed by atoms with Crippen molar-refractivity contribution in [3.05, 3.63) is 34.9 Å². The molecular formula is C17H31NS. The zero-order valence-electron chi connectivity index (χ0n) is 13.2. The zero-order chi connectivity index (χ0) is 14.5. The van der Waals surface area contributed by atoms with Gasteiger partial charge in [-0.05, 0) is 53.4 Å². The number of hydrogen-bond donors (Lipinski definition) is 1. The van der Waals surface area contributed by atoms with Gasteiger partial charge in [0.05, 0.1) is 0 Å². The van der Waals surface area contributed by atoms with Crippen LogP contribution >= 0.6 is 11.8 Å². The molecule has 110 valence electrons. The molecule has 0 aromatic heterocycles. The number of rotatable bonds is 10. The van der Waals surface area contributed by atoms with E-state index in [1.807, 2.05) is 11.8 Å². The summed E-state index contributed by atoms with van der Waals surface area (Å²) < 4.78 is 0. The van der Waals surface area contributed by atoms with Gasteiger partial charge in [0.1, 0.15) is 0 Å². The van der Waals surface area contributed by atoms with Crippen LogP contribution in [0.2, 0.25) is 0 Å². The van der Waals surface area contributed by atoms with Crippen LogP contribution in [0.3, 0.4) is 0 Å². The third-order valence-corrected chi connectivity index (χ3v) is 3.86. The lowest BCUT2D eigenvalue weighted by Gasteiger charge is -2.01. The Bertz CT molecular complexity index is 309. The van der Waals surface area contributed by atoms with Gasteiger partial charge in [-0.25, -0.2) is 0 Å². The van der Waals surface area contributed by atoms with E-state index in [4.69, 9.17) is 5.73 Å². The second-order valence-electron chi connectivity index (χ2n) is 5.32. The molecule has 0 aromatic carbocycles. The Kier molecular flexibility index (Phi) is 12.2. The Hall–Kier alpha value is -0.470. The smallest absolute Gasteiger partial charge is 0.0116 e. The summed E-state index contributed by atoms with van der Waals surface area (Å²) in [5, 5.41) is 0. The molecule has 0 rings (SSSR count). The van der Waals surface area contributed by atoms with Crippen molar-refractivity contribution in [2.45, 2.75) is 53.4 Å². The third-order valence-electron chi connectivity index (χ3n) is 2.93. The van der Waals surface area contributed by atoms with E-state index in [2.05, 4.69) is 45.9 Å². The highest BCUT2D eigenvalue weighted by atomic mass is 32.2. The quantitative estimate of drug-likeness (QED) is 0.445. The van der Waals surface area contributed by atoms with Crippen molar-refractivity contribution < 1.29 is 0 Å². The van der Waals surface area contributed by atoms with Crippen LogP contribution in [0.15, 0.2) is 34.9 Å². The van der Waals surface area contributed by atoms with Gasteiger partial charge in [0, 0.05) is 18.1 Å². The second kappa shape index (κ2) is 12.6. The molecule has 0 spiro atoms. The molecule has 0 atom stereocenters. The molecule has 1 nitrogen and oxygen atoms in total. The summed E-state index contributed by atoms with van der Waals surface area (Å²) in [5.74, 6) is 2.17. The van der Waals surface area contributed by atoms with Crippen LogP contribution in [0, 0.1) is 0 Å². The molecule has 0 aromatic rings. The monoisotopic (exact) mass is 281 g/mol. The van der Waals surface area contributed by atoms with Crippen LogP contribution in [0.1, 0.15) is 53.4 Å². The highest BCUT2D eigenvalue weighted by Gasteiger charge is 1.92. The van der Waals surface area contributed by atoms with Gasteiger partial charge in [0.15, 0.2) is 0 Å². The lowest BCUT2D eigenvalue weighted by atomic mass is 10.1. The molecular weight excluding hydrogens is 250 g/mol. The Morgan fingerprint density at radius 1 is 0.895 bits per heavy atom. The Morgan fingerprint density at radius 3 is 2.05 bits per heavy atom. The van der Waals surface area contributed by atoms with Crippen molar-refractivity contribution in [2.75, 3.05) is 18.1 Å². The van der Waals surface area contributed by atoms with Gasteiger partial charge >= 0.3 is 0 Å². The molecule has 0 bridgehead atoms. The van der Waals surface area contributed by atoms with Crippen LogP contribution in [0.4, 0.5) is 0 Å². The number of allylic oxidation sites excluding steroid dienone is 5. The lowest BCUT2D eigenvalue weighted by Crippen LogP contribution is -2.01. The van der Waals surface area contributed by atoms with Crippen molar-refractivity contribution in [3.63, 3.8) is 0 Å². The number of nitrogens with two attached hydrogens (primary N) is 1. The molecule has 0 saturated heterocycles. The summed E-state index contributed by atoms with van der Waals surface area (Å²) >= 11 is 1.91. The van der Waals surface area contributed by atoms with Crippen LogP contribution in [0.25, 0.3) is 0 Å². The number of hydrogen-bond acceptors (Lipinski definition) is 2. The Morgan fingerprint density at radius 2 is 1.47 bits per heavy atom. The second-order valence-corrected chi connectivity index (χ2v) is 6.47. The first kappa shape index (κ1) is 18.5. The standard InChI is InChI=1S/C17H31NS/c1-15(2)7-5-8-16(3)9-6-10-17(4)11-13-19-14-12-18/h7,9,11H,5-6,8,10,12-14,18H2,1-4H3/b16-9+,17-11+. The Balaban J connectivity index is 3.77. The van der Waals surface area contributed by atoms with E-state index in [0.29, 0.717) is 0 Å². The minimum atomic E-state index is 0.783. The van der Waals surface area contributed by atoms with Crippen LogP contribution in [-0.2, 0) is 0 Å². The van der Waals surface area contributed by atoms with Gasteiger partial charge in [0.2, 0.25) is 0 Å². The van der Waals surface area contributed by atoms with E-state index in [1.165, 1.54) is 42.4 Å². The van der Waals surface area contributed by atoms with Crippen molar-refractivity contribution in [2.24, 2.45) is 5.73 Å². The molecule has 2 heteroatoms. The maximum atomic E-state index is 5.46. The fourth-order valence-electron chi connectivity index (χ4n) is 1.71. The van der Waals surface area contributed by atoms with E-state index < -0.39 is 0 Å². The van der Waals surface area contributed by atoms with Gasteiger partial charge < -0.3 is 5.73 Å². The topological polar surface area (TPSA) is 26.0 Å². The molecule has 0 unspecified atom stereocenters. The number of thioether (sulfide) groups is 1. The minimum Gasteiger partial charge on any atom is -0.330 e. The van der Waals surface area contributed by atoms with Gasteiger partial charge in [-0.1, -0.05) is 34.9 Å². The summed E-state index contributed by atoms with van der Waals surface area (Å²) in [5.41, 5.74) is 9.90. The van der Waals surface area contributed by atoms with Gasteiger partial charge in [0.25, 0.3) is 0 Å². The lowest BCUT2D eigenvalue weighted by molar-refractivity contribution is 0.917. The Labute approximate surface area is 124 Å². The molecule has 19 heavy (non-hydrogen) atoms. The predicted molar refractivity (Wildman–Crippen MR) is 91.8 cm³/mol. The summed E-state index contributed by atoms with van der Waals surface area (Å²) in [6.07, 6.45) is 11.8. The normalized spacial score (nSPS) is 12.7. The van der Waals surface area contributed by atoms with E-state index in [-0.39, 0.29) is 0 Å². The SMILES string of the molecule is CC(C)=CCC/C(C)=C/CC/C(C)=C/CSCCN.